The highest BCUT2D eigenvalue weighted by Gasteiger charge is 2.14. The van der Waals surface area contributed by atoms with Crippen molar-refractivity contribution in [1.82, 2.24) is 4.98 Å². The summed E-state index contributed by atoms with van der Waals surface area (Å²) in [5.74, 6) is -2.26. The number of aliphatic hydroxyl groups excluding tert-OH is 1. The van der Waals surface area contributed by atoms with Gasteiger partial charge in [-0.05, 0) is 25.1 Å². The standard InChI is InChI=1S/C13H11NO5/c1-2-18-13(17)11(16)6-10(15)8-3-4-9-12(5-8)19-7-14-9/h3-7,15H,2H2,1H3. The van der Waals surface area contributed by atoms with Gasteiger partial charge in [0.05, 0.1) is 6.61 Å². The zero-order valence-corrected chi connectivity index (χ0v) is 10.1. The molecule has 0 aliphatic rings. The van der Waals surface area contributed by atoms with E-state index in [2.05, 4.69) is 9.72 Å². The van der Waals surface area contributed by atoms with E-state index in [4.69, 9.17) is 4.42 Å². The summed E-state index contributed by atoms with van der Waals surface area (Å²) < 4.78 is 9.60. The quantitative estimate of drug-likeness (QED) is 0.391. The molecule has 1 aromatic carbocycles. The van der Waals surface area contributed by atoms with Crippen LogP contribution >= 0.6 is 0 Å². The Balaban J connectivity index is 2.24. The number of nitrogens with zero attached hydrogens (tertiary/aromatic N) is 1. The number of carbonyl (C=O) groups is 2. The summed E-state index contributed by atoms with van der Waals surface area (Å²) in [6.07, 6.45) is 2.09. The number of hydrogen-bond donors (Lipinski definition) is 1. The van der Waals surface area contributed by atoms with Crippen molar-refractivity contribution in [3.8, 4) is 0 Å². The molecule has 2 aromatic rings. The molecular formula is C13H11NO5. The van der Waals surface area contributed by atoms with Crippen molar-refractivity contribution < 1.29 is 23.8 Å². The molecule has 0 fully saturated rings. The van der Waals surface area contributed by atoms with Gasteiger partial charge in [-0.3, -0.25) is 4.79 Å². The molecule has 1 heterocycles. The SMILES string of the molecule is CCOC(=O)C(=O)C=C(O)c1ccc2ncoc2c1. The first-order valence-electron chi connectivity index (χ1n) is 5.57. The fraction of sp³-hybridized carbons (Fsp3) is 0.154. The Kier molecular flexibility index (Phi) is 3.61. The molecule has 0 radical (unpaired) electrons. The van der Waals surface area contributed by atoms with Crippen molar-refractivity contribution in [2.75, 3.05) is 6.61 Å². The van der Waals surface area contributed by atoms with Crippen LogP contribution in [0.25, 0.3) is 16.9 Å². The van der Waals surface area contributed by atoms with Crippen molar-refractivity contribution in [2.45, 2.75) is 6.92 Å². The Morgan fingerprint density at radius 2 is 2.26 bits per heavy atom. The lowest BCUT2D eigenvalue weighted by Gasteiger charge is -2.00. The van der Waals surface area contributed by atoms with Crippen LogP contribution in [0.2, 0.25) is 0 Å². The molecule has 2 rings (SSSR count). The lowest BCUT2D eigenvalue weighted by molar-refractivity contribution is -0.151. The maximum absolute atomic E-state index is 11.4. The van der Waals surface area contributed by atoms with Gasteiger partial charge in [-0.1, -0.05) is 0 Å². The molecule has 0 spiro atoms. The van der Waals surface area contributed by atoms with Gasteiger partial charge in [-0.15, -0.1) is 0 Å². The van der Waals surface area contributed by atoms with E-state index in [1.807, 2.05) is 0 Å². The maximum Gasteiger partial charge on any atom is 0.379 e. The predicted molar refractivity (Wildman–Crippen MR) is 66.3 cm³/mol. The number of carbonyl (C=O) groups excluding carboxylic acids is 2. The maximum atomic E-state index is 11.4. The van der Waals surface area contributed by atoms with E-state index in [0.717, 1.165) is 6.08 Å². The van der Waals surface area contributed by atoms with Crippen LogP contribution in [-0.2, 0) is 14.3 Å². The van der Waals surface area contributed by atoms with E-state index in [1.165, 1.54) is 12.5 Å². The van der Waals surface area contributed by atoms with Crippen molar-refractivity contribution in [2.24, 2.45) is 0 Å². The van der Waals surface area contributed by atoms with Crippen LogP contribution in [0.3, 0.4) is 0 Å². The molecule has 1 aromatic heterocycles. The van der Waals surface area contributed by atoms with E-state index >= 15 is 0 Å². The number of hydrogen-bond acceptors (Lipinski definition) is 6. The van der Waals surface area contributed by atoms with Crippen LogP contribution in [0.15, 0.2) is 35.1 Å². The molecule has 0 saturated heterocycles. The van der Waals surface area contributed by atoms with Crippen molar-refractivity contribution in [3.05, 3.63) is 36.2 Å². The number of fused-ring (bicyclic) bond motifs is 1. The second-order valence-corrected chi connectivity index (χ2v) is 3.65. The fourth-order valence-electron chi connectivity index (χ4n) is 1.48. The van der Waals surface area contributed by atoms with E-state index in [-0.39, 0.29) is 12.4 Å². The molecule has 0 bridgehead atoms. The van der Waals surface area contributed by atoms with Crippen molar-refractivity contribution >= 4 is 28.6 Å². The molecule has 1 N–H and O–H groups in total. The average molecular weight is 261 g/mol. The highest BCUT2D eigenvalue weighted by molar-refractivity contribution is 6.39. The first-order valence-corrected chi connectivity index (χ1v) is 5.57. The molecule has 0 saturated carbocycles. The summed E-state index contributed by atoms with van der Waals surface area (Å²) in [4.78, 5) is 26.4. The number of ketones is 1. The highest BCUT2D eigenvalue weighted by atomic mass is 16.5. The van der Waals surface area contributed by atoms with Gasteiger partial charge in [0.1, 0.15) is 11.3 Å². The second kappa shape index (κ2) is 5.34. The van der Waals surface area contributed by atoms with E-state index in [0.29, 0.717) is 16.7 Å². The largest absolute Gasteiger partial charge is 0.507 e. The normalized spacial score (nSPS) is 11.5. The third-order valence-corrected chi connectivity index (χ3v) is 2.37. The number of rotatable bonds is 4. The number of benzene rings is 1. The van der Waals surface area contributed by atoms with E-state index in [1.54, 1.807) is 19.1 Å². The van der Waals surface area contributed by atoms with Crippen LogP contribution in [0, 0.1) is 0 Å². The van der Waals surface area contributed by atoms with Crippen LogP contribution < -0.4 is 0 Å². The number of aliphatic hydroxyl groups is 1. The Bertz CT molecular complexity index is 656. The van der Waals surface area contributed by atoms with Crippen molar-refractivity contribution in [3.63, 3.8) is 0 Å². The third kappa shape index (κ3) is 2.79. The Morgan fingerprint density at radius 3 is 3.00 bits per heavy atom. The van der Waals surface area contributed by atoms with Gasteiger partial charge in [-0.2, -0.15) is 0 Å². The predicted octanol–water partition coefficient (Wildman–Crippen LogP) is 1.86. The minimum Gasteiger partial charge on any atom is -0.507 e. The Hall–Kier alpha value is -2.63. The van der Waals surface area contributed by atoms with Crippen LogP contribution in [0.1, 0.15) is 12.5 Å². The van der Waals surface area contributed by atoms with Gasteiger partial charge in [0.2, 0.25) is 0 Å². The summed E-state index contributed by atoms with van der Waals surface area (Å²) in [6.45, 7) is 1.69. The molecule has 0 aliphatic heterocycles. The number of esters is 1. The molecular weight excluding hydrogens is 250 g/mol. The summed E-state index contributed by atoms with van der Waals surface area (Å²) in [7, 11) is 0. The van der Waals surface area contributed by atoms with Crippen LogP contribution in [0.4, 0.5) is 0 Å². The summed E-state index contributed by atoms with van der Waals surface area (Å²) in [6, 6.07) is 4.72. The summed E-state index contributed by atoms with van der Waals surface area (Å²) in [5.41, 5.74) is 1.45. The second-order valence-electron chi connectivity index (χ2n) is 3.65. The van der Waals surface area contributed by atoms with Gasteiger partial charge in [0.25, 0.3) is 5.78 Å². The van der Waals surface area contributed by atoms with Gasteiger partial charge < -0.3 is 14.3 Å². The number of ether oxygens (including phenoxy) is 1. The van der Waals surface area contributed by atoms with E-state index in [9.17, 15) is 14.7 Å². The smallest absolute Gasteiger partial charge is 0.379 e. The zero-order valence-electron chi connectivity index (χ0n) is 10.1. The molecule has 98 valence electrons. The monoisotopic (exact) mass is 261 g/mol. The number of oxazole rings is 1. The molecule has 6 nitrogen and oxygen atoms in total. The van der Waals surface area contributed by atoms with Crippen LogP contribution in [-0.4, -0.2) is 28.4 Å². The first kappa shape index (κ1) is 12.8. The summed E-state index contributed by atoms with van der Waals surface area (Å²) >= 11 is 0. The van der Waals surface area contributed by atoms with Gasteiger partial charge >= 0.3 is 5.97 Å². The lowest BCUT2D eigenvalue weighted by atomic mass is 10.1. The summed E-state index contributed by atoms with van der Waals surface area (Å²) in [5, 5.41) is 9.78. The Labute approximate surface area is 108 Å². The minimum absolute atomic E-state index is 0.100. The van der Waals surface area contributed by atoms with Gasteiger partial charge in [0.15, 0.2) is 12.0 Å². The number of aromatic nitrogens is 1. The van der Waals surface area contributed by atoms with Gasteiger partial charge in [0, 0.05) is 11.6 Å². The molecule has 0 atom stereocenters. The molecule has 0 amide bonds. The highest BCUT2D eigenvalue weighted by Crippen LogP contribution is 2.18. The topological polar surface area (TPSA) is 89.6 Å². The Morgan fingerprint density at radius 1 is 1.47 bits per heavy atom. The molecule has 0 unspecified atom stereocenters. The molecule has 0 aliphatic carbocycles. The lowest BCUT2D eigenvalue weighted by Crippen LogP contribution is -2.15. The first-order chi connectivity index (χ1) is 9.11. The average Bonchev–Trinajstić information content (AvgIpc) is 2.85. The molecule has 19 heavy (non-hydrogen) atoms. The third-order valence-electron chi connectivity index (χ3n) is 2.37. The van der Waals surface area contributed by atoms with Crippen LogP contribution in [0.5, 0.6) is 0 Å². The van der Waals surface area contributed by atoms with E-state index < -0.39 is 11.8 Å². The van der Waals surface area contributed by atoms with Gasteiger partial charge in [-0.25, -0.2) is 9.78 Å². The minimum atomic E-state index is -1.00. The van der Waals surface area contributed by atoms with Crippen molar-refractivity contribution in [1.29, 1.82) is 0 Å². The molecule has 6 heteroatoms. The fourth-order valence-corrected chi connectivity index (χ4v) is 1.48. The zero-order chi connectivity index (χ0) is 13.8.